The van der Waals surface area contributed by atoms with Crippen molar-refractivity contribution < 1.29 is 27.4 Å². The first-order valence-electron chi connectivity index (χ1n) is 5.38. The fourth-order valence-corrected chi connectivity index (χ4v) is 2.48. The van der Waals surface area contributed by atoms with E-state index in [4.69, 9.17) is 5.11 Å². The summed E-state index contributed by atoms with van der Waals surface area (Å²) in [6.45, 7) is 0.886. The summed E-state index contributed by atoms with van der Waals surface area (Å²) in [4.78, 5) is 9.71. The lowest BCUT2D eigenvalue weighted by Gasteiger charge is -2.08. The standard InChI is InChI=1S/C11H14FNO5S/c1-8-2-3-9(12)10(6-8)19(16,17)13-4-5-18-7-11(14)15/h2-3,6,13H,4-5,7H2,1H3,(H,14,15). The molecule has 106 valence electrons. The van der Waals surface area contributed by atoms with Gasteiger partial charge < -0.3 is 9.84 Å². The number of carbonyl (C=O) groups is 1. The number of rotatable bonds is 7. The maximum Gasteiger partial charge on any atom is 0.329 e. The first-order chi connectivity index (χ1) is 8.83. The summed E-state index contributed by atoms with van der Waals surface area (Å²) >= 11 is 0. The van der Waals surface area contributed by atoms with Crippen LogP contribution in [0.1, 0.15) is 5.56 Å². The third-order valence-corrected chi connectivity index (χ3v) is 3.62. The predicted octanol–water partition coefficient (Wildman–Crippen LogP) is 0.514. The highest BCUT2D eigenvalue weighted by Crippen LogP contribution is 2.15. The number of carboxylic acids is 1. The molecule has 8 heteroatoms. The van der Waals surface area contributed by atoms with Gasteiger partial charge in [0, 0.05) is 6.54 Å². The average Bonchev–Trinajstić information content (AvgIpc) is 2.31. The Balaban J connectivity index is 2.61. The zero-order valence-corrected chi connectivity index (χ0v) is 11.0. The van der Waals surface area contributed by atoms with Gasteiger partial charge in [0.1, 0.15) is 17.3 Å². The van der Waals surface area contributed by atoms with Crippen LogP contribution in [0.5, 0.6) is 0 Å². The maximum absolute atomic E-state index is 13.4. The van der Waals surface area contributed by atoms with Crippen LogP contribution in [0.2, 0.25) is 0 Å². The number of halogens is 1. The third-order valence-electron chi connectivity index (χ3n) is 2.14. The molecular formula is C11H14FNO5S. The Morgan fingerprint density at radius 1 is 1.47 bits per heavy atom. The molecule has 0 amide bonds. The Morgan fingerprint density at radius 2 is 2.16 bits per heavy atom. The van der Waals surface area contributed by atoms with Crippen molar-refractivity contribution >= 4 is 16.0 Å². The van der Waals surface area contributed by atoms with Gasteiger partial charge in [-0.25, -0.2) is 22.3 Å². The molecule has 0 bridgehead atoms. The zero-order chi connectivity index (χ0) is 14.5. The van der Waals surface area contributed by atoms with Crippen LogP contribution >= 0.6 is 0 Å². The number of nitrogens with one attached hydrogen (secondary N) is 1. The number of carboxylic acid groups (broad SMARTS) is 1. The number of aliphatic carboxylic acids is 1. The Kier molecular flexibility index (Phi) is 5.40. The number of benzene rings is 1. The van der Waals surface area contributed by atoms with Gasteiger partial charge in [0.15, 0.2) is 0 Å². The topological polar surface area (TPSA) is 92.7 Å². The molecule has 6 nitrogen and oxygen atoms in total. The highest BCUT2D eigenvalue weighted by atomic mass is 32.2. The van der Waals surface area contributed by atoms with E-state index in [2.05, 4.69) is 9.46 Å². The Hall–Kier alpha value is -1.51. The molecule has 0 aliphatic carbocycles. The van der Waals surface area contributed by atoms with E-state index >= 15 is 0 Å². The monoisotopic (exact) mass is 291 g/mol. The number of hydrogen-bond acceptors (Lipinski definition) is 4. The second kappa shape index (κ2) is 6.60. The minimum Gasteiger partial charge on any atom is -0.480 e. The molecule has 0 spiro atoms. The Labute approximate surface area is 110 Å². The molecule has 19 heavy (non-hydrogen) atoms. The highest BCUT2D eigenvalue weighted by Gasteiger charge is 2.18. The van der Waals surface area contributed by atoms with Gasteiger partial charge in [-0.15, -0.1) is 0 Å². The van der Waals surface area contributed by atoms with E-state index in [-0.39, 0.29) is 13.2 Å². The van der Waals surface area contributed by atoms with Crippen LogP contribution < -0.4 is 4.72 Å². The van der Waals surface area contributed by atoms with Gasteiger partial charge in [0.2, 0.25) is 10.0 Å². The van der Waals surface area contributed by atoms with Crippen molar-refractivity contribution in [3.8, 4) is 0 Å². The minimum absolute atomic E-state index is 0.112. The molecule has 0 heterocycles. The summed E-state index contributed by atoms with van der Waals surface area (Å²) in [6.07, 6.45) is 0. The smallest absolute Gasteiger partial charge is 0.329 e. The number of aryl methyl sites for hydroxylation is 1. The van der Waals surface area contributed by atoms with Gasteiger partial charge >= 0.3 is 5.97 Å². The molecule has 0 atom stereocenters. The van der Waals surface area contributed by atoms with Crippen LogP contribution in [0.25, 0.3) is 0 Å². The molecule has 1 aromatic carbocycles. The maximum atomic E-state index is 13.4. The average molecular weight is 291 g/mol. The molecule has 1 aromatic rings. The molecule has 0 unspecified atom stereocenters. The summed E-state index contributed by atoms with van der Waals surface area (Å²) in [6, 6.07) is 3.75. The van der Waals surface area contributed by atoms with Gasteiger partial charge in [0.05, 0.1) is 6.61 Å². The summed E-state index contributed by atoms with van der Waals surface area (Å²) in [5.74, 6) is -1.99. The van der Waals surface area contributed by atoms with E-state index in [1.165, 1.54) is 12.1 Å². The molecule has 0 saturated heterocycles. The molecule has 1 rings (SSSR count). The second-order valence-electron chi connectivity index (χ2n) is 3.78. The molecule has 0 aliphatic rings. The lowest BCUT2D eigenvalue weighted by atomic mass is 10.2. The molecular weight excluding hydrogens is 277 g/mol. The van der Waals surface area contributed by atoms with Crippen LogP contribution in [-0.2, 0) is 19.6 Å². The van der Waals surface area contributed by atoms with Gasteiger partial charge in [-0.1, -0.05) is 6.07 Å². The molecule has 0 fully saturated rings. The fraction of sp³-hybridized carbons (Fsp3) is 0.364. The molecule has 0 saturated carbocycles. The summed E-state index contributed by atoms with van der Waals surface area (Å²) < 4.78 is 43.8. The van der Waals surface area contributed by atoms with Gasteiger partial charge in [-0.05, 0) is 24.6 Å². The lowest BCUT2D eigenvalue weighted by molar-refractivity contribution is -0.142. The molecule has 0 aliphatic heterocycles. The normalized spacial score (nSPS) is 11.5. The Morgan fingerprint density at radius 3 is 2.79 bits per heavy atom. The van der Waals surface area contributed by atoms with Crippen molar-refractivity contribution in [2.45, 2.75) is 11.8 Å². The van der Waals surface area contributed by atoms with Crippen LogP contribution in [0.4, 0.5) is 4.39 Å². The van der Waals surface area contributed by atoms with E-state index in [9.17, 15) is 17.6 Å². The predicted molar refractivity (Wildman–Crippen MR) is 64.8 cm³/mol. The van der Waals surface area contributed by atoms with Crippen molar-refractivity contribution in [3.05, 3.63) is 29.6 Å². The second-order valence-corrected chi connectivity index (χ2v) is 5.51. The van der Waals surface area contributed by atoms with Crippen molar-refractivity contribution in [3.63, 3.8) is 0 Å². The van der Waals surface area contributed by atoms with Crippen molar-refractivity contribution in [2.75, 3.05) is 19.8 Å². The SMILES string of the molecule is Cc1ccc(F)c(S(=O)(=O)NCCOCC(=O)O)c1. The Bertz CT molecular complexity index is 558. The fourth-order valence-electron chi connectivity index (χ4n) is 1.30. The number of sulfonamides is 1. The minimum atomic E-state index is -3.97. The lowest BCUT2D eigenvalue weighted by Crippen LogP contribution is -2.28. The van der Waals surface area contributed by atoms with Crippen molar-refractivity contribution in [1.29, 1.82) is 0 Å². The molecule has 2 N–H and O–H groups in total. The van der Waals surface area contributed by atoms with E-state index in [0.29, 0.717) is 5.56 Å². The van der Waals surface area contributed by atoms with Gasteiger partial charge in [0.25, 0.3) is 0 Å². The van der Waals surface area contributed by atoms with Crippen molar-refractivity contribution in [2.24, 2.45) is 0 Å². The number of hydrogen-bond donors (Lipinski definition) is 2. The van der Waals surface area contributed by atoms with Crippen LogP contribution in [0, 0.1) is 12.7 Å². The van der Waals surface area contributed by atoms with Gasteiger partial charge in [-0.2, -0.15) is 0 Å². The van der Waals surface area contributed by atoms with Gasteiger partial charge in [-0.3, -0.25) is 0 Å². The first-order valence-corrected chi connectivity index (χ1v) is 6.86. The zero-order valence-electron chi connectivity index (χ0n) is 10.2. The quantitative estimate of drug-likeness (QED) is 0.714. The van der Waals surface area contributed by atoms with Crippen LogP contribution in [0.3, 0.4) is 0 Å². The van der Waals surface area contributed by atoms with Crippen LogP contribution in [0.15, 0.2) is 23.1 Å². The first kappa shape index (κ1) is 15.5. The van der Waals surface area contributed by atoms with Crippen molar-refractivity contribution in [1.82, 2.24) is 4.72 Å². The summed E-state index contributed by atoms with van der Waals surface area (Å²) in [7, 11) is -3.97. The summed E-state index contributed by atoms with van der Waals surface area (Å²) in [5, 5.41) is 8.30. The van der Waals surface area contributed by atoms with E-state index in [1.807, 2.05) is 0 Å². The van der Waals surface area contributed by atoms with E-state index in [0.717, 1.165) is 6.07 Å². The molecule has 0 aromatic heterocycles. The summed E-state index contributed by atoms with van der Waals surface area (Å²) in [5.41, 5.74) is 0.615. The largest absolute Gasteiger partial charge is 0.480 e. The highest BCUT2D eigenvalue weighted by molar-refractivity contribution is 7.89. The molecule has 0 radical (unpaired) electrons. The van der Waals surface area contributed by atoms with Crippen LogP contribution in [-0.4, -0.2) is 39.3 Å². The third kappa shape index (κ3) is 4.93. The van der Waals surface area contributed by atoms with E-state index < -0.39 is 33.3 Å². The van der Waals surface area contributed by atoms with E-state index in [1.54, 1.807) is 6.92 Å². The number of ether oxygens (including phenoxy) is 1.